The molecule has 1 aromatic heterocycles. The highest BCUT2D eigenvalue weighted by Crippen LogP contribution is 2.28. The van der Waals surface area contributed by atoms with E-state index in [2.05, 4.69) is 15.3 Å². The fraction of sp³-hybridized carbons (Fsp3) is 0.600. The molecule has 0 unspecified atom stereocenters. The van der Waals surface area contributed by atoms with E-state index in [1.54, 1.807) is 18.1 Å². The summed E-state index contributed by atoms with van der Waals surface area (Å²) >= 11 is 5.94. The molecular formula is C15H20ClN5O2. The zero-order chi connectivity index (χ0) is 16.4. The van der Waals surface area contributed by atoms with E-state index >= 15 is 0 Å². The maximum atomic E-state index is 12.4. The second-order valence-corrected chi connectivity index (χ2v) is 6.44. The Hall–Kier alpha value is -1.89. The molecular weight excluding hydrogens is 318 g/mol. The number of amides is 3. The molecule has 0 spiro atoms. The first-order chi connectivity index (χ1) is 11.1. The Balaban J connectivity index is 1.58. The minimum atomic E-state index is -0.183. The van der Waals surface area contributed by atoms with E-state index in [0.717, 1.165) is 25.8 Å². The van der Waals surface area contributed by atoms with Gasteiger partial charge in [0.15, 0.2) is 5.15 Å². The predicted molar refractivity (Wildman–Crippen MR) is 84.7 cm³/mol. The van der Waals surface area contributed by atoms with Gasteiger partial charge in [0.2, 0.25) is 5.91 Å². The van der Waals surface area contributed by atoms with Crippen LogP contribution in [0.4, 0.5) is 4.79 Å². The third kappa shape index (κ3) is 3.39. The number of halogens is 1. The van der Waals surface area contributed by atoms with Crippen molar-refractivity contribution in [2.75, 3.05) is 20.1 Å². The van der Waals surface area contributed by atoms with E-state index in [0.29, 0.717) is 17.4 Å². The Morgan fingerprint density at radius 2 is 2.13 bits per heavy atom. The number of urea groups is 1. The quantitative estimate of drug-likeness (QED) is 0.901. The number of nitrogens with zero attached hydrogens (tertiary/aromatic N) is 4. The summed E-state index contributed by atoms with van der Waals surface area (Å²) in [5.74, 6) is -0.247. The lowest BCUT2D eigenvalue weighted by molar-refractivity contribution is -0.127. The molecule has 8 heteroatoms. The maximum absolute atomic E-state index is 12.4. The zero-order valence-electron chi connectivity index (χ0n) is 13.0. The van der Waals surface area contributed by atoms with E-state index in [1.165, 1.54) is 6.20 Å². The molecule has 2 aliphatic heterocycles. The summed E-state index contributed by atoms with van der Waals surface area (Å²) in [5.41, 5.74) is 0.546. The normalized spacial score (nSPS) is 24.3. The monoisotopic (exact) mass is 337 g/mol. The largest absolute Gasteiger partial charge is 0.350 e. The maximum Gasteiger partial charge on any atom is 0.320 e. The molecule has 3 amide bonds. The van der Waals surface area contributed by atoms with Gasteiger partial charge in [0.25, 0.3) is 0 Å². The number of carbonyl (C=O) groups is 2. The van der Waals surface area contributed by atoms with Gasteiger partial charge in [-0.3, -0.25) is 9.78 Å². The third-order valence-corrected chi connectivity index (χ3v) is 4.92. The molecule has 0 aliphatic carbocycles. The summed E-state index contributed by atoms with van der Waals surface area (Å²) in [6.45, 7) is 1.52. The molecule has 23 heavy (non-hydrogen) atoms. The van der Waals surface area contributed by atoms with Gasteiger partial charge in [0.05, 0.1) is 18.2 Å². The molecule has 3 heterocycles. The van der Waals surface area contributed by atoms with Gasteiger partial charge in [-0.1, -0.05) is 11.6 Å². The summed E-state index contributed by atoms with van der Waals surface area (Å²) < 4.78 is 0. The van der Waals surface area contributed by atoms with Crippen LogP contribution in [0.1, 0.15) is 25.0 Å². The summed E-state index contributed by atoms with van der Waals surface area (Å²) in [5, 5.41) is 3.15. The van der Waals surface area contributed by atoms with Crippen molar-refractivity contribution in [1.82, 2.24) is 25.1 Å². The van der Waals surface area contributed by atoms with Gasteiger partial charge in [-0.2, -0.15) is 0 Å². The lowest BCUT2D eigenvalue weighted by Gasteiger charge is -2.44. The fourth-order valence-corrected chi connectivity index (χ4v) is 3.39. The molecule has 124 valence electrons. The summed E-state index contributed by atoms with van der Waals surface area (Å²) in [6.07, 6.45) is 5.71. The lowest BCUT2D eigenvalue weighted by atomic mass is 9.89. The van der Waals surface area contributed by atoms with Crippen LogP contribution in [0.5, 0.6) is 0 Å². The van der Waals surface area contributed by atoms with E-state index < -0.39 is 0 Å². The zero-order valence-corrected chi connectivity index (χ0v) is 13.8. The number of fused-ring (bicyclic) bond motifs is 1. The van der Waals surface area contributed by atoms with Crippen LogP contribution in [0.3, 0.4) is 0 Å². The van der Waals surface area contributed by atoms with Crippen molar-refractivity contribution in [2.45, 2.75) is 31.8 Å². The number of piperidine rings is 1. The van der Waals surface area contributed by atoms with Crippen LogP contribution in [0.25, 0.3) is 0 Å². The number of hydrogen-bond donors (Lipinski definition) is 1. The Bertz CT molecular complexity index is 611. The first-order valence-corrected chi connectivity index (χ1v) is 8.19. The Morgan fingerprint density at radius 1 is 1.35 bits per heavy atom. The molecule has 0 saturated carbocycles. The van der Waals surface area contributed by atoms with E-state index in [9.17, 15) is 9.59 Å². The highest BCUT2D eigenvalue weighted by Gasteiger charge is 2.38. The third-order valence-electron chi connectivity index (χ3n) is 4.60. The Labute approximate surface area is 140 Å². The molecule has 1 N–H and O–H groups in total. The summed E-state index contributed by atoms with van der Waals surface area (Å²) in [4.78, 5) is 36.2. The van der Waals surface area contributed by atoms with Crippen molar-refractivity contribution in [3.63, 3.8) is 0 Å². The smallest absolute Gasteiger partial charge is 0.320 e. The average molecular weight is 338 g/mol. The van der Waals surface area contributed by atoms with E-state index in [-0.39, 0.29) is 30.4 Å². The van der Waals surface area contributed by atoms with Crippen molar-refractivity contribution < 1.29 is 9.59 Å². The van der Waals surface area contributed by atoms with Crippen molar-refractivity contribution in [3.8, 4) is 0 Å². The molecule has 2 atom stereocenters. The average Bonchev–Trinajstić information content (AvgIpc) is 2.57. The van der Waals surface area contributed by atoms with Crippen molar-refractivity contribution in [3.05, 3.63) is 23.2 Å². The molecule has 7 nitrogen and oxygen atoms in total. The van der Waals surface area contributed by atoms with Gasteiger partial charge in [-0.05, 0) is 19.3 Å². The molecule has 3 rings (SSSR count). The molecule has 1 aromatic rings. The van der Waals surface area contributed by atoms with Crippen LogP contribution < -0.4 is 5.32 Å². The fourth-order valence-electron chi connectivity index (χ4n) is 3.22. The van der Waals surface area contributed by atoms with Gasteiger partial charge in [-0.25, -0.2) is 9.78 Å². The molecule has 2 saturated heterocycles. The summed E-state index contributed by atoms with van der Waals surface area (Å²) in [6, 6.07) is 0.299. The van der Waals surface area contributed by atoms with Crippen LogP contribution in [0.2, 0.25) is 5.15 Å². The first-order valence-electron chi connectivity index (χ1n) is 7.81. The minimum Gasteiger partial charge on any atom is -0.350 e. The molecule has 2 fully saturated rings. The van der Waals surface area contributed by atoms with Crippen LogP contribution in [0.15, 0.2) is 12.4 Å². The van der Waals surface area contributed by atoms with Gasteiger partial charge in [0.1, 0.15) is 0 Å². The highest BCUT2D eigenvalue weighted by atomic mass is 35.5. The number of carbonyl (C=O) groups excluding carboxylic acids is 2. The summed E-state index contributed by atoms with van der Waals surface area (Å²) in [7, 11) is 1.80. The molecule has 2 aliphatic rings. The minimum absolute atomic E-state index is 0.0238. The predicted octanol–water partition coefficient (Wildman–Crippen LogP) is 1.28. The lowest BCUT2D eigenvalue weighted by Crippen LogP contribution is -2.57. The SMILES string of the molecule is CN1CC[C@H]2CC[C@@H](C(=O)NCc3nccnc3Cl)CN2C1=O. The number of aromatic nitrogens is 2. The van der Waals surface area contributed by atoms with Gasteiger partial charge >= 0.3 is 6.03 Å². The Morgan fingerprint density at radius 3 is 2.91 bits per heavy atom. The number of hydrogen-bond acceptors (Lipinski definition) is 4. The van der Waals surface area contributed by atoms with Crippen molar-refractivity contribution in [1.29, 1.82) is 0 Å². The number of rotatable bonds is 3. The molecule has 0 aromatic carbocycles. The van der Waals surface area contributed by atoms with Crippen LogP contribution in [0, 0.1) is 5.92 Å². The second kappa shape index (κ2) is 6.70. The van der Waals surface area contributed by atoms with Crippen LogP contribution >= 0.6 is 11.6 Å². The van der Waals surface area contributed by atoms with E-state index in [1.807, 2.05) is 4.90 Å². The van der Waals surface area contributed by atoms with Crippen LogP contribution in [-0.2, 0) is 11.3 Å². The van der Waals surface area contributed by atoms with Crippen molar-refractivity contribution in [2.24, 2.45) is 5.92 Å². The Kier molecular flexibility index (Phi) is 4.66. The second-order valence-electron chi connectivity index (χ2n) is 6.08. The van der Waals surface area contributed by atoms with Crippen molar-refractivity contribution >= 4 is 23.5 Å². The number of nitrogens with one attached hydrogen (secondary N) is 1. The van der Waals surface area contributed by atoms with E-state index in [4.69, 9.17) is 11.6 Å². The van der Waals surface area contributed by atoms with Gasteiger partial charge < -0.3 is 15.1 Å². The molecule has 0 bridgehead atoms. The topological polar surface area (TPSA) is 78.4 Å². The first kappa shape index (κ1) is 16.0. The van der Waals surface area contributed by atoms with Gasteiger partial charge in [-0.15, -0.1) is 0 Å². The molecule has 0 radical (unpaired) electrons. The van der Waals surface area contributed by atoms with Crippen LogP contribution in [-0.4, -0.2) is 57.9 Å². The standard InChI is InChI=1S/C15H20ClN5O2/c1-20-7-4-11-3-2-10(9-21(11)15(20)23)14(22)19-8-12-13(16)18-6-5-17-12/h5-6,10-11H,2-4,7-9H2,1H3,(H,19,22)/t10-,11-/m1/s1. The highest BCUT2D eigenvalue weighted by molar-refractivity contribution is 6.29. The van der Waals surface area contributed by atoms with Gasteiger partial charge in [0, 0.05) is 38.6 Å².